The van der Waals surface area contributed by atoms with Crippen molar-refractivity contribution in [1.82, 2.24) is 0 Å². The molecule has 0 fully saturated rings. The second kappa shape index (κ2) is 6.33. The van der Waals surface area contributed by atoms with Crippen LogP contribution in [-0.2, 0) is 6.42 Å². The third kappa shape index (κ3) is 3.44. The fourth-order valence-electron chi connectivity index (χ4n) is 1.95. The first-order chi connectivity index (χ1) is 9.60. The van der Waals surface area contributed by atoms with Crippen LogP contribution in [0.2, 0.25) is 0 Å². The van der Waals surface area contributed by atoms with Gasteiger partial charge in [-0.15, -0.1) is 0 Å². The summed E-state index contributed by atoms with van der Waals surface area (Å²) in [6.07, 6.45) is 0.310. The van der Waals surface area contributed by atoms with Crippen LogP contribution in [0.1, 0.15) is 29.8 Å². The molecule has 0 radical (unpaired) electrons. The molecule has 0 aliphatic heterocycles. The molecule has 1 unspecified atom stereocenters. The Morgan fingerprint density at radius 3 is 2.55 bits per heavy atom. The molecular formula is C17H17FO2. The Morgan fingerprint density at radius 1 is 1.20 bits per heavy atom. The first-order valence-electron chi connectivity index (χ1n) is 6.65. The van der Waals surface area contributed by atoms with Crippen LogP contribution in [0.4, 0.5) is 4.39 Å². The molecule has 2 nitrogen and oxygen atoms in total. The van der Waals surface area contributed by atoms with Crippen molar-refractivity contribution in [2.45, 2.75) is 26.4 Å². The highest BCUT2D eigenvalue weighted by Gasteiger charge is 2.16. The maximum Gasteiger partial charge on any atom is 0.202 e. The van der Waals surface area contributed by atoms with E-state index in [1.807, 2.05) is 24.3 Å². The zero-order valence-electron chi connectivity index (χ0n) is 11.6. The molecule has 0 saturated carbocycles. The van der Waals surface area contributed by atoms with Crippen LogP contribution in [0.3, 0.4) is 0 Å². The Balaban J connectivity index is 2.09. The summed E-state index contributed by atoms with van der Waals surface area (Å²) in [5.74, 6) is 0.157. The van der Waals surface area contributed by atoms with Gasteiger partial charge in [0, 0.05) is 5.56 Å². The first kappa shape index (κ1) is 14.3. The van der Waals surface area contributed by atoms with Gasteiger partial charge in [-0.05, 0) is 55.3 Å². The molecule has 104 valence electrons. The number of hydrogen-bond acceptors (Lipinski definition) is 2. The van der Waals surface area contributed by atoms with Crippen molar-refractivity contribution in [1.29, 1.82) is 0 Å². The predicted octanol–water partition coefficient (Wildman–Crippen LogP) is 4.04. The molecule has 0 bridgehead atoms. The van der Waals surface area contributed by atoms with Gasteiger partial charge in [0.05, 0.1) is 0 Å². The zero-order chi connectivity index (χ0) is 14.5. The Labute approximate surface area is 118 Å². The molecule has 0 saturated heterocycles. The van der Waals surface area contributed by atoms with E-state index < -0.39 is 6.10 Å². The van der Waals surface area contributed by atoms with E-state index >= 15 is 0 Å². The van der Waals surface area contributed by atoms with Gasteiger partial charge in [-0.2, -0.15) is 0 Å². The SMILES string of the molecule is CCc1cccc(OC(C)C(=O)c2ccc(F)cc2)c1. The lowest BCUT2D eigenvalue weighted by Gasteiger charge is -2.14. The van der Waals surface area contributed by atoms with Crippen molar-refractivity contribution in [2.75, 3.05) is 0 Å². The third-order valence-electron chi connectivity index (χ3n) is 3.12. The van der Waals surface area contributed by atoms with E-state index in [2.05, 4.69) is 6.92 Å². The number of ketones is 1. The van der Waals surface area contributed by atoms with Crippen molar-refractivity contribution in [3.05, 3.63) is 65.5 Å². The number of hydrogen-bond donors (Lipinski definition) is 0. The van der Waals surface area contributed by atoms with Crippen LogP contribution in [0.25, 0.3) is 0 Å². The molecule has 20 heavy (non-hydrogen) atoms. The minimum Gasteiger partial charge on any atom is -0.483 e. The Bertz CT molecular complexity index is 590. The molecule has 0 N–H and O–H groups in total. The Morgan fingerprint density at radius 2 is 1.90 bits per heavy atom. The van der Waals surface area contributed by atoms with E-state index in [1.54, 1.807) is 6.92 Å². The normalized spacial score (nSPS) is 11.9. The average molecular weight is 272 g/mol. The molecule has 0 heterocycles. The third-order valence-corrected chi connectivity index (χ3v) is 3.12. The second-order valence-corrected chi connectivity index (χ2v) is 4.63. The number of aryl methyl sites for hydroxylation is 1. The summed E-state index contributed by atoms with van der Waals surface area (Å²) in [6, 6.07) is 13.2. The fraction of sp³-hybridized carbons (Fsp3) is 0.235. The van der Waals surface area contributed by atoms with Crippen LogP contribution >= 0.6 is 0 Å². The molecule has 2 rings (SSSR count). The van der Waals surface area contributed by atoms with Gasteiger partial charge in [0.25, 0.3) is 0 Å². The minimum absolute atomic E-state index is 0.160. The molecule has 0 aliphatic rings. The van der Waals surface area contributed by atoms with Crippen LogP contribution in [-0.4, -0.2) is 11.9 Å². The summed E-state index contributed by atoms with van der Waals surface area (Å²) in [5, 5.41) is 0. The number of rotatable bonds is 5. The second-order valence-electron chi connectivity index (χ2n) is 4.63. The van der Waals surface area contributed by atoms with E-state index in [1.165, 1.54) is 24.3 Å². The maximum absolute atomic E-state index is 12.8. The summed E-state index contributed by atoms with van der Waals surface area (Å²) >= 11 is 0. The van der Waals surface area contributed by atoms with E-state index in [0.29, 0.717) is 11.3 Å². The number of halogens is 1. The predicted molar refractivity (Wildman–Crippen MR) is 76.6 cm³/mol. The number of benzene rings is 2. The van der Waals surface area contributed by atoms with E-state index in [4.69, 9.17) is 4.74 Å². The molecule has 1 atom stereocenters. The lowest BCUT2D eigenvalue weighted by molar-refractivity contribution is 0.0818. The highest BCUT2D eigenvalue weighted by Crippen LogP contribution is 2.17. The molecule has 2 aromatic carbocycles. The van der Waals surface area contributed by atoms with Gasteiger partial charge in [-0.3, -0.25) is 4.79 Å². The lowest BCUT2D eigenvalue weighted by atomic mass is 10.1. The average Bonchev–Trinajstić information content (AvgIpc) is 2.47. The Kier molecular flexibility index (Phi) is 4.51. The van der Waals surface area contributed by atoms with Crippen LogP contribution in [0.15, 0.2) is 48.5 Å². The number of carbonyl (C=O) groups excluding carboxylic acids is 1. The minimum atomic E-state index is -0.604. The van der Waals surface area contributed by atoms with Crippen molar-refractivity contribution in [2.24, 2.45) is 0 Å². The standard InChI is InChI=1S/C17H17FO2/c1-3-13-5-4-6-16(11-13)20-12(2)17(19)14-7-9-15(18)10-8-14/h4-12H,3H2,1-2H3. The number of ether oxygens (including phenoxy) is 1. The van der Waals surface area contributed by atoms with Crippen LogP contribution in [0, 0.1) is 5.82 Å². The molecule has 0 aliphatic carbocycles. The topological polar surface area (TPSA) is 26.3 Å². The highest BCUT2D eigenvalue weighted by atomic mass is 19.1. The van der Waals surface area contributed by atoms with Gasteiger partial charge < -0.3 is 4.74 Å². The van der Waals surface area contributed by atoms with Gasteiger partial charge in [0.15, 0.2) is 6.10 Å². The van der Waals surface area contributed by atoms with Gasteiger partial charge >= 0.3 is 0 Å². The van der Waals surface area contributed by atoms with E-state index in [-0.39, 0.29) is 11.6 Å². The van der Waals surface area contributed by atoms with Gasteiger partial charge in [-0.25, -0.2) is 4.39 Å². The van der Waals surface area contributed by atoms with E-state index in [0.717, 1.165) is 12.0 Å². The molecule has 0 spiro atoms. The molecular weight excluding hydrogens is 255 g/mol. The monoisotopic (exact) mass is 272 g/mol. The molecule has 0 amide bonds. The molecule has 3 heteroatoms. The summed E-state index contributed by atoms with van der Waals surface area (Å²) < 4.78 is 18.5. The Hall–Kier alpha value is -2.16. The summed E-state index contributed by atoms with van der Waals surface area (Å²) in [6.45, 7) is 3.76. The fourth-order valence-corrected chi connectivity index (χ4v) is 1.95. The van der Waals surface area contributed by atoms with Crippen LogP contribution < -0.4 is 4.74 Å². The molecule has 2 aromatic rings. The maximum atomic E-state index is 12.8. The molecule has 0 aromatic heterocycles. The van der Waals surface area contributed by atoms with E-state index in [9.17, 15) is 9.18 Å². The number of Topliss-reactive ketones (excluding diaryl/α,β-unsaturated/α-hetero) is 1. The quantitative estimate of drug-likeness (QED) is 0.768. The van der Waals surface area contributed by atoms with Gasteiger partial charge in [-0.1, -0.05) is 19.1 Å². The number of carbonyl (C=O) groups is 1. The summed E-state index contributed by atoms with van der Waals surface area (Å²) in [7, 11) is 0. The lowest BCUT2D eigenvalue weighted by Crippen LogP contribution is -2.23. The van der Waals surface area contributed by atoms with Gasteiger partial charge in [0.1, 0.15) is 11.6 Å². The summed E-state index contributed by atoms with van der Waals surface area (Å²) in [5.41, 5.74) is 1.61. The van der Waals surface area contributed by atoms with Gasteiger partial charge in [0.2, 0.25) is 5.78 Å². The van der Waals surface area contributed by atoms with Crippen LogP contribution in [0.5, 0.6) is 5.75 Å². The zero-order valence-corrected chi connectivity index (χ0v) is 11.6. The van der Waals surface area contributed by atoms with Crippen molar-refractivity contribution < 1.29 is 13.9 Å². The van der Waals surface area contributed by atoms with Crippen molar-refractivity contribution >= 4 is 5.78 Å². The van der Waals surface area contributed by atoms with Crippen molar-refractivity contribution in [3.8, 4) is 5.75 Å². The summed E-state index contributed by atoms with van der Waals surface area (Å²) in [4.78, 5) is 12.2. The first-order valence-corrected chi connectivity index (χ1v) is 6.65. The van der Waals surface area contributed by atoms with Crippen molar-refractivity contribution in [3.63, 3.8) is 0 Å². The largest absolute Gasteiger partial charge is 0.483 e. The smallest absolute Gasteiger partial charge is 0.202 e. The highest BCUT2D eigenvalue weighted by molar-refractivity contribution is 5.99.